The quantitative estimate of drug-likeness (QED) is 0.139. The molecule has 0 spiro atoms. The molecule has 1 aliphatic heterocycles. The SMILES string of the molecule is CC(C)(C)OC(=O)NCC(=O)NCc1cc([C@@H]2O[C@H](COCc3ccccc3)[C@H](OCc3ccccc3)C2OCc2ccccc2)c(F)cc1F. The molecule has 0 bridgehead atoms. The van der Waals surface area contributed by atoms with E-state index in [1.165, 1.54) is 6.07 Å². The lowest BCUT2D eigenvalue weighted by atomic mass is 9.98. The molecular weight excluding hydrogens is 658 g/mol. The Morgan fingerprint density at radius 2 is 1.27 bits per heavy atom. The maximum absolute atomic E-state index is 15.7. The van der Waals surface area contributed by atoms with Gasteiger partial charge >= 0.3 is 6.09 Å². The van der Waals surface area contributed by atoms with Crippen LogP contribution in [0.5, 0.6) is 0 Å². The third kappa shape index (κ3) is 11.4. The van der Waals surface area contributed by atoms with Gasteiger partial charge in [-0.25, -0.2) is 13.6 Å². The third-order valence-electron chi connectivity index (χ3n) is 8.01. The number of carbonyl (C=O) groups excluding carboxylic acids is 2. The predicted octanol–water partition coefficient (Wildman–Crippen LogP) is 6.93. The minimum atomic E-state index is -1.01. The molecule has 1 heterocycles. The second-order valence-electron chi connectivity index (χ2n) is 13.2. The first-order chi connectivity index (χ1) is 24.6. The Kier molecular flexibility index (Phi) is 13.3. The highest BCUT2D eigenvalue weighted by Gasteiger charge is 2.48. The van der Waals surface area contributed by atoms with E-state index in [0.717, 1.165) is 22.8 Å². The molecule has 1 fully saturated rings. The van der Waals surface area contributed by atoms with E-state index in [-0.39, 0.29) is 37.5 Å². The van der Waals surface area contributed by atoms with Crippen molar-refractivity contribution in [3.63, 3.8) is 0 Å². The van der Waals surface area contributed by atoms with Gasteiger partial charge in [0, 0.05) is 23.7 Å². The summed E-state index contributed by atoms with van der Waals surface area (Å²) >= 11 is 0. The number of amides is 2. The standard InChI is InChI=1S/C40H44F2N2O7/c1-40(2,3)51-39(46)44-22-35(45)43-21-30-19-31(33(42)20-32(30)41)36-38(49-25-29-17-11-6-12-18-29)37(48-24-28-15-9-5-10-16-28)34(50-36)26-47-23-27-13-7-4-8-14-27/h4-20,34,36-38H,21-26H2,1-3H3,(H,43,45)(H,44,46)/t34-,36+,37+,38?/m1/s1. The summed E-state index contributed by atoms with van der Waals surface area (Å²) in [6.07, 6.45) is -3.96. The van der Waals surface area contributed by atoms with Gasteiger partial charge < -0.3 is 34.3 Å². The van der Waals surface area contributed by atoms with Crippen molar-refractivity contribution < 1.29 is 42.1 Å². The van der Waals surface area contributed by atoms with Crippen LogP contribution < -0.4 is 10.6 Å². The fourth-order valence-electron chi connectivity index (χ4n) is 5.59. The van der Waals surface area contributed by atoms with Crippen LogP contribution in [0.15, 0.2) is 103 Å². The first-order valence-electron chi connectivity index (χ1n) is 16.9. The molecule has 0 radical (unpaired) electrons. The summed E-state index contributed by atoms with van der Waals surface area (Å²) in [5, 5.41) is 4.92. The third-order valence-corrected chi connectivity index (χ3v) is 8.01. The van der Waals surface area contributed by atoms with Gasteiger partial charge in [0.05, 0.1) is 26.4 Å². The average Bonchev–Trinajstić information content (AvgIpc) is 3.45. The van der Waals surface area contributed by atoms with Crippen LogP contribution in [0, 0.1) is 11.6 Å². The van der Waals surface area contributed by atoms with Crippen molar-refractivity contribution >= 4 is 12.0 Å². The van der Waals surface area contributed by atoms with E-state index in [2.05, 4.69) is 10.6 Å². The molecule has 1 unspecified atom stereocenters. The first kappa shape index (κ1) is 37.6. The maximum atomic E-state index is 15.7. The molecular formula is C40H44F2N2O7. The molecule has 4 aromatic rings. The van der Waals surface area contributed by atoms with E-state index < -0.39 is 60.2 Å². The second kappa shape index (κ2) is 18.0. The summed E-state index contributed by atoms with van der Waals surface area (Å²) < 4.78 is 61.6. The number of halogens is 2. The van der Waals surface area contributed by atoms with Crippen molar-refractivity contribution in [3.8, 4) is 0 Å². The van der Waals surface area contributed by atoms with Crippen molar-refractivity contribution in [1.82, 2.24) is 10.6 Å². The Bertz CT molecular complexity index is 1700. The van der Waals surface area contributed by atoms with Crippen molar-refractivity contribution in [1.29, 1.82) is 0 Å². The predicted molar refractivity (Wildman–Crippen MR) is 186 cm³/mol. The fourth-order valence-corrected chi connectivity index (χ4v) is 5.59. The van der Waals surface area contributed by atoms with Crippen LogP contribution >= 0.6 is 0 Å². The highest BCUT2D eigenvalue weighted by Crippen LogP contribution is 2.40. The van der Waals surface area contributed by atoms with Gasteiger partial charge in [0.25, 0.3) is 0 Å². The second-order valence-corrected chi connectivity index (χ2v) is 13.2. The lowest BCUT2D eigenvalue weighted by Crippen LogP contribution is -2.39. The lowest BCUT2D eigenvalue weighted by molar-refractivity contribution is -0.120. The van der Waals surface area contributed by atoms with E-state index in [0.29, 0.717) is 6.61 Å². The molecule has 2 N–H and O–H groups in total. The number of hydrogen-bond acceptors (Lipinski definition) is 7. The first-order valence-corrected chi connectivity index (χ1v) is 16.9. The molecule has 0 aliphatic carbocycles. The maximum Gasteiger partial charge on any atom is 0.408 e. The molecule has 0 aromatic heterocycles. The van der Waals surface area contributed by atoms with Gasteiger partial charge in [0.2, 0.25) is 5.91 Å². The van der Waals surface area contributed by atoms with E-state index in [1.54, 1.807) is 20.8 Å². The van der Waals surface area contributed by atoms with Gasteiger partial charge in [0.15, 0.2) is 0 Å². The highest BCUT2D eigenvalue weighted by atomic mass is 19.1. The minimum absolute atomic E-state index is 0.0213. The van der Waals surface area contributed by atoms with Gasteiger partial charge in [0.1, 0.15) is 48.2 Å². The van der Waals surface area contributed by atoms with Crippen LogP contribution in [0.2, 0.25) is 0 Å². The zero-order valence-corrected chi connectivity index (χ0v) is 29.0. The molecule has 11 heteroatoms. The van der Waals surface area contributed by atoms with Gasteiger partial charge in [-0.05, 0) is 43.5 Å². The van der Waals surface area contributed by atoms with Gasteiger partial charge in [-0.15, -0.1) is 0 Å². The van der Waals surface area contributed by atoms with Crippen molar-refractivity contribution in [2.75, 3.05) is 13.2 Å². The Labute approximate surface area is 297 Å². The Balaban J connectivity index is 1.37. The largest absolute Gasteiger partial charge is 0.444 e. The molecule has 1 saturated heterocycles. The van der Waals surface area contributed by atoms with Crippen LogP contribution in [0.1, 0.15) is 54.7 Å². The zero-order valence-electron chi connectivity index (χ0n) is 29.0. The van der Waals surface area contributed by atoms with Gasteiger partial charge in [-0.3, -0.25) is 4.79 Å². The van der Waals surface area contributed by atoms with Crippen LogP contribution in [0.4, 0.5) is 13.6 Å². The average molecular weight is 703 g/mol. The molecule has 270 valence electrons. The summed E-state index contributed by atoms with van der Waals surface area (Å²) in [5.41, 5.74) is 2.13. The normalized spacial score (nSPS) is 18.7. The van der Waals surface area contributed by atoms with Crippen molar-refractivity contribution in [3.05, 3.63) is 143 Å². The number of rotatable bonds is 15. The van der Waals surface area contributed by atoms with E-state index in [1.807, 2.05) is 91.0 Å². The number of ether oxygens (including phenoxy) is 5. The minimum Gasteiger partial charge on any atom is -0.444 e. The van der Waals surface area contributed by atoms with Gasteiger partial charge in [-0.1, -0.05) is 91.0 Å². The molecule has 1 aliphatic rings. The van der Waals surface area contributed by atoms with Crippen LogP contribution in [-0.4, -0.2) is 49.1 Å². The van der Waals surface area contributed by atoms with Crippen LogP contribution in [0.3, 0.4) is 0 Å². The molecule has 0 saturated carbocycles. The number of nitrogens with one attached hydrogen (secondary N) is 2. The zero-order chi connectivity index (χ0) is 36.2. The smallest absolute Gasteiger partial charge is 0.408 e. The van der Waals surface area contributed by atoms with Gasteiger partial charge in [-0.2, -0.15) is 0 Å². The van der Waals surface area contributed by atoms with Crippen molar-refractivity contribution in [2.24, 2.45) is 0 Å². The molecule has 51 heavy (non-hydrogen) atoms. The summed E-state index contributed by atoms with van der Waals surface area (Å²) in [6.45, 7) is 5.30. The number of hydrogen-bond donors (Lipinski definition) is 2. The Hall–Kier alpha value is -4.68. The summed E-state index contributed by atoms with van der Waals surface area (Å²) in [5.74, 6) is -2.27. The van der Waals surface area contributed by atoms with E-state index >= 15 is 8.78 Å². The lowest BCUT2D eigenvalue weighted by Gasteiger charge is -2.26. The number of carbonyl (C=O) groups is 2. The summed E-state index contributed by atoms with van der Waals surface area (Å²) in [6, 6.07) is 30.9. The molecule has 2 amide bonds. The molecule has 9 nitrogen and oxygen atoms in total. The molecule has 5 rings (SSSR count). The Morgan fingerprint density at radius 3 is 1.84 bits per heavy atom. The van der Waals surface area contributed by atoms with Crippen LogP contribution in [-0.2, 0) is 54.8 Å². The fraction of sp³-hybridized carbons (Fsp3) is 0.350. The molecule has 4 aromatic carbocycles. The number of alkyl carbamates (subject to hydrolysis) is 1. The van der Waals surface area contributed by atoms with Crippen molar-refractivity contribution in [2.45, 2.75) is 77.2 Å². The van der Waals surface area contributed by atoms with Crippen LogP contribution in [0.25, 0.3) is 0 Å². The summed E-state index contributed by atoms with van der Waals surface area (Å²) in [4.78, 5) is 24.5. The number of benzene rings is 4. The molecule has 4 atom stereocenters. The topological polar surface area (TPSA) is 104 Å². The Morgan fingerprint density at radius 1 is 0.725 bits per heavy atom. The highest BCUT2D eigenvalue weighted by molar-refractivity contribution is 5.82. The summed E-state index contributed by atoms with van der Waals surface area (Å²) in [7, 11) is 0. The van der Waals surface area contributed by atoms with E-state index in [9.17, 15) is 9.59 Å². The van der Waals surface area contributed by atoms with E-state index in [4.69, 9.17) is 23.7 Å². The monoisotopic (exact) mass is 702 g/mol.